The molecule has 13 aromatic rings. The van der Waals surface area contributed by atoms with Crippen LogP contribution in [0.15, 0.2) is 267 Å². The third-order valence-corrected chi connectivity index (χ3v) is 13.7. The van der Waals surface area contributed by atoms with Gasteiger partial charge in [0.2, 0.25) is 0 Å². The average molecular weight is 865 g/mol. The highest BCUT2D eigenvalue weighted by Crippen LogP contribution is 2.51. The maximum absolute atomic E-state index is 2.45. The van der Waals surface area contributed by atoms with Crippen molar-refractivity contribution in [1.29, 1.82) is 0 Å². The van der Waals surface area contributed by atoms with Crippen LogP contribution in [0.1, 0.15) is 0 Å². The summed E-state index contributed by atoms with van der Waals surface area (Å²) in [7, 11) is 0. The van der Waals surface area contributed by atoms with E-state index in [4.69, 9.17) is 0 Å². The molecule has 0 spiro atoms. The van der Waals surface area contributed by atoms with Gasteiger partial charge in [-0.15, -0.1) is 0 Å². The first-order chi connectivity index (χ1) is 33.7. The van der Waals surface area contributed by atoms with Gasteiger partial charge in [0.05, 0.1) is 5.69 Å². The third kappa shape index (κ3) is 6.73. The Hall–Kier alpha value is -8.98. The van der Waals surface area contributed by atoms with Crippen molar-refractivity contribution < 1.29 is 0 Å². The molecule has 0 aromatic heterocycles. The van der Waals surface area contributed by atoms with Crippen LogP contribution >= 0.6 is 0 Å². The Morgan fingerprint density at radius 2 is 0.559 bits per heavy atom. The molecule has 0 unspecified atom stereocenters. The lowest BCUT2D eigenvalue weighted by atomic mass is 9.83. The molecule has 0 heterocycles. The summed E-state index contributed by atoms with van der Waals surface area (Å²) in [6, 6.07) is 97.7. The molecule has 0 atom stereocenters. The van der Waals surface area contributed by atoms with Crippen molar-refractivity contribution in [3.05, 3.63) is 267 Å². The first-order valence-corrected chi connectivity index (χ1v) is 23.4. The third-order valence-electron chi connectivity index (χ3n) is 13.7. The van der Waals surface area contributed by atoms with Crippen molar-refractivity contribution in [3.8, 4) is 33.4 Å². The molecule has 0 amide bonds. The van der Waals surface area contributed by atoms with Gasteiger partial charge < -0.3 is 9.80 Å². The Labute approximate surface area is 396 Å². The van der Waals surface area contributed by atoms with Gasteiger partial charge in [0.1, 0.15) is 0 Å². The molecule has 0 saturated carbocycles. The van der Waals surface area contributed by atoms with E-state index in [1.165, 1.54) is 87.2 Å². The predicted molar refractivity (Wildman–Crippen MR) is 291 cm³/mol. The van der Waals surface area contributed by atoms with Gasteiger partial charge in [0, 0.05) is 39.2 Å². The van der Waals surface area contributed by atoms with Crippen LogP contribution < -0.4 is 9.80 Å². The minimum atomic E-state index is 1.10. The Morgan fingerprint density at radius 1 is 0.206 bits per heavy atom. The van der Waals surface area contributed by atoms with Crippen LogP contribution in [0.5, 0.6) is 0 Å². The summed E-state index contributed by atoms with van der Waals surface area (Å²) in [6.45, 7) is 0. The maximum atomic E-state index is 2.45. The smallest absolute Gasteiger partial charge is 0.0546 e. The number of rotatable bonds is 9. The molecule has 0 radical (unpaired) electrons. The zero-order valence-corrected chi connectivity index (χ0v) is 37.3. The van der Waals surface area contributed by atoms with Crippen molar-refractivity contribution in [2.45, 2.75) is 0 Å². The minimum absolute atomic E-state index is 1.10. The molecule has 0 aliphatic rings. The maximum Gasteiger partial charge on any atom is 0.0546 e. The lowest BCUT2D eigenvalue weighted by Gasteiger charge is -2.29. The van der Waals surface area contributed by atoms with E-state index in [-0.39, 0.29) is 0 Å². The minimum Gasteiger partial charge on any atom is -0.310 e. The molecule has 0 saturated heterocycles. The first-order valence-electron chi connectivity index (χ1n) is 23.4. The van der Waals surface area contributed by atoms with Crippen LogP contribution in [0.25, 0.3) is 87.2 Å². The number of fused-ring (bicyclic) bond motifs is 2. The predicted octanol–water partition coefficient (Wildman–Crippen LogP) is 18.8. The fourth-order valence-electron chi connectivity index (χ4n) is 10.6. The van der Waals surface area contributed by atoms with E-state index < -0.39 is 0 Å². The van der Waals surface area contributed by atoms with Gasteiger partial charge in [-0.2, -0.15) is 0 Å². The van der Waals surface area contributed by atoms with Gasteiger partial charge in [0.15, 0.2) is 0 Å². The van der Waals surface area contributed by atoms with Crippen LogP contribution in [0, 0.1) is 0 Å². The van der Waals surface area contributed by atoms with Crippen LogP contribution in [-0.2, 0) is 0 Å². The van der Waals surface area contributed by atoms with E-state index in [2.05, 4.69) is 277 Å². The van der Waals surface area contributed by atoms with Crippen molar-refractivity contribution in [1.82, 2.24) is 0 Å². The molecule has 68 heavy (non-hydrogen) atoms. The molecular formula is C66H44N2. The van der Waals surface area contributed by atoms with Gasteiger partial charge in [-0.05, 0) is 149 Å². The monoisotopic (exact) mass is 864 g/mol. The molecule has 13 rings (SSSR count). The lowest BCUT2D eigenvalue weighted by molar-refractivity contribution is 1.29. The quantitative estimate of drug-likeness (QED) is 0.133. The van der Waals surface area contributed by atoms with E-state index in [1.54, 1.807) is 0 Å². The molecule has 0 N–H and O–H groups in total. The van der Waals surface area contributed by atoms with Crippen LogP contribution in [-0.4, -0.2) is 0 Å². The zero-order valence-electron chi connectivity index (χ0n) is 37.3. The zero-order chi connectivity index (χ0) is 45.0. The summed E-state index contributed by atoms with van der Waals surface area (Å²) < 4.78 is 0. The molecular weight excluding hydrogens is 821 g/mol. The number of benzene rings is 13. The normalized spacial score (nSPS) is 11.5. The highest BCUT2D eigenvalue weighted by molar-refractivity contribution is 6.32. The highest BCUT2D eigenvalue weighted by atomic mass is 15.1. The second kappa shape index (κ2) is 16.5. The fraction of sp³-hybridized carbons (Fsp3) is 0. The van der Waals surface area contributed by atoms with Crippen molar-refractivity contribution in [3.63, 3.8) is 0 Å². The molecule has 2 nitrogen and oxygen atoms in total. The summed E-state index contributed by atoms with van der Waals surface area (Å²) in [6.07, 6.45) is 0. The van der Waals surface area contributed by atoms with Gasteiger partial charge >= 0.3 is 0 Å². The van der Waals surface area contributed by atoms with Crippen LogP contribution in [0.3, 0.4) is 0 Å². The van der Waals surface area contributed by atoms with Gasteiger partial charge in [-0.1, -0.05) is 194 Å². The van der Waals surface area contributed by atoms with E-state index in [0.29, 0.717) is 0 Å². The topological polar surface area (TPSA) is 6.48 Å². The first kappa shape index (κ1) is 39.4. The largest absolute Gasteiger partial charge is 0.310 e. The van der Waals surface area contributed by atoms with Crippen molar-refractivity contribution in [2.24, 2.45) is 0 Å². The van der Waals surface area contributed by atoms with Gasteiger partial charge in [-0.25, -0.2) is 0 Å². The van der Waals surface area contributed by atoms with E-state index in [1.807, 2.05) is 0 Å². The summed E-state index contributed by atoms with van der Waals surface area (Å²) in [5.74, 6) is 0. The van der Waals surface area contributed by atoms with Crippen molar-refractivity contribution >= 4 is 88.0 Å². The molecule has 318 valence electrons. The molecule has 0 aliphatic carbocycles. The summed E-state index contributed by atoms with van der Waals surface area (Å²) >= 11 is 0. The summed E-state index contributed by atoms with van der Waals surface area (Å²) in [4.78, 5) is 4.81. The van der Waals surface area contributed by atoms with E-state index >= 15 is 0 Å². The van der Waals surface area contributed by atoms with E-state index in [0.717, 1.165) is 34.1 Å². The van der Waals surface area contributed by atoms with Gasteiger partial charge in [0.25, 0.3) is 0 Å². The highest BCUT2D eigenvalue weighted by Gasteiger charge is 2.24. The van der Waals surface area contributed by atoms with E-state index in [9.17, 15) is 0 Å². The summed E-state index contributed by atoms with van der Waals surface area (Å²) in [5, 5.41) is 12.3. The Balaban J connectivity index is 1.07. The fourth-order valence-corrected chi connectivity index (χ4v) is 10.6. The second-order valence-corrected chi connectivity index (χ2v) is 17.7. The number of para-hydroxylation sites is 2. The second-order valence-electron chi connectivity index (χ2n) is 17.7. The van der Waals surface area contributed by atoms with Crippen LogP contribution in [0.2, 0.25) is 0 Å². The SMILES string of the molecule is c1ccc(-c2cc(-c3ccc(N(c4ccccc4)c4ccc5ccccc5c4)cc3)c3ccc4c(-c5ccccc5)cc(N(c5ccccc5)c5ccc6ccccc6c5)c5ccc2c3c45)cc1. The van der Waals surface area contributed by atoms with Crippen molar-refractivity contribution in [2.75, 3.05) is 9.80 Å². The number of hydrogen-bond donors (Lipinski definition) is 0. The molecule has 0 bridgehead atoms. The number of hydrogen-bond acceptors (Lipinski definition) is 2. The Bertz CT molecular complexity index is 3940. The number of nitrogens with zero attached hydrogens (tertiary/aromatic N) is 2. The average Bonchev–Trinajstić information content (AvgIpc) is 3.41. The Morgan fingerprint density at radius 3 is 1.07 bits per heavy atom. The summed E-state index contributed by atoms with van der Waals surface area (Å²) in [5.41, 5.74) is 13.9. The lowest BCUT2D eigenvalue weighted by Crippen LogP contribution is -2.11. The number of anilines is 6. The standard InChI is InChI=1S/C66H44N2/c1-5-19-47(20-6-1)61-43-62(49-31-33-54(34-32-49)67(52-25-9-3-10-26-52)55-35-29-45-17-13-15-23-50(45)41-55)57-37-38-59-63(48-21-7-2-8-22-48)44-64(60-40-39-58(61)65(57)66(59)60)68(53-27-11-4-12-28-53)56-36-30-46-18-14-16-24-51(46)42-56/h1-44H. The van der Waals surface area contributed by atoms with Crippen LogP contribution in [0.4, 0.5) is 34.1 Å². The molecule has 13 aromatic carbocycles. The van der Waals surface area contributed by atoms with Gasteiger partial charge in [-0.3, -0.25) is 0 Å². The Kier molecular flexibility index (Phi) is 9.54. The molecule has 0 aliphatic heterocycles. The molecule has 0 fully saturated rings. The molecule has 2 heteroatoms.